The Morgan fingerprint density at radius 1 is 1.21 bits per heavy atom. The van der Waals surface area contributed by atoms with Gasteiger partial charge in [-0.3, -0.25) is 0 Å². The zero-order valence-corrected chi connectivity index (χ0v) is 12.4. The SMILES string of the molecule is Brc1ccc2c(cnn2C2CCCCO2)c1C1CC1. The van der Waals surface area contributed by atoms with Crippen LogP contribution >= 0.6 is 15.9 Å². The van der Waals surface area contributed by atoms with Crippen molar-refractivity contribution in [3.05, 3.63) is 28.4 Å². The Morgan fingerprint density at radius 3 is 2.84 bits per heavy atom. The van der Waals surface area contributed by atoms with Crippen LogP contribution in [0.1, 0.15) is 49.8 Å². The summed E-state index contributed by atoms with van der Waals surface area (Å²) in [5.74, 6) is 0.725. The normalized spacial score (nSPS) is 23.9. The zero-order valence-electron chi connectivity index (χ0n) is 10.8. The first-order chi connectivity index (χ1) is 9.34. The molecule has 1 saturated heterocycles. The van der Waals surface area contributed by atoms with Crippen molar-refractivity contribution >= 4 is 26.8 Å². The topological polar surface area (TPSA) is 27.1 Å². The van der Waals surface area contributed by atoms with Crippen LogP contribution in [0.15, 0.2) is 22.8 Å². The Morgan fingerprint density at radius 2 is 2.11 bits per heavy atom. The number of aromatic nitrogens is 2. The summed E-state index contributed by atoms with van der Waals surface area (Å²) < 4.78 is 9.17. The van der Waals surface area contributed by atoms with Gasteiger partial charge in [0, 0.05) is 16.5 Å². The second kappa shape index (κ2) is 4.60. The average Bonchev–Trinajstić information content (AvgIpc) is 3.18. The van der Waals surface area contributed by atoms with Crippen LogP contribution in [0.25, 0.3) is 10.9 Å². The number of ether oxygens (including phenoxy) is 1. The first-order valence-electron chi connectivity index (χ1n) is 7.12. The van der Waals surface area contributed by atoms with E-state index in [2.05, 4.69) is 37.8 Å². The Labute approximate surface area is 121 Å². The summed E-state index contributed by atoms with van der Waals surface area (Å²) in [6, 6.07) is 4.33. The fraction of sp³-hybridized carbons (Fsp3) is 0.533. The number of halogens is 1. The number of fused-ring (bicyclic) bond motifs is 1. The van der Waals surface area contributed by atoms with Crippen LogP contribution in [0, 0.1) is 0 Å². The summed E-state index contributed by atoms with van der Waals surface area (Å²) in [6.45, 7) is 0.859. The molecular formula is C15H17BrN2O. The van der Waals surface area contributed by atoms with E-state index >= 15 is 0 Å². The second-order valence-electron chi connectivity index (χ2n) is 5.58. The van der Waals surface area contributed by atoms with Gasteiger partial charge in [0.1, 0.15) is 0 Å². The first-order valence-corrected chi connectivity index (χ1v) is 7.91. The molecule has 2 heterocycles. The quantitative estimate of drug-likeness (QED) is 0.821. The van der Waals surface area contributed by atoms with E-state index in [0.29, 0.717) is 0 Å². The number of nitrogens with zero attached hydrogens (tertiary/aromatic N) is 2. The molecule has 1 atom stereocenters. The van der Waals surface area contributed by atoms with Crippen LogP contribution in [0.3, 0.4) is 0 Å². The Bertz CT molecular complexity index is 612. The molecule has 3 nitrogen and oxygen atoms in total. The van der Waals surface area contributed by atoms with Crippen LogP contribution in [-0.4, -0.2) is 16.4 Å². The fourth-order valence-corrected chi connectivity index (χ4v) is 3.72. The third-order valence-electron chi connectivity index (χ3n) is 4.18. The molecule has 1 unspecified atom stereocenters. The maximum absolute atomic E-state index is 5.87. The van der Waals surface area contributed by atoms with E-state index in [1.165, 1.54) is 46.6 Å². The molecule has 1 saturated carbocycles. The number of benzene rings is 1. The lowest BCUT2D eigenvalue weighted by atomic mass is 10.1. The molecule has 4 heteroatoms. The maximum Gasteiger partial charge on any atom is 0.150 e. The maximum atomic E-state index is 5.87. The lowest BCUT2D eigenvalue weighted by Crippen LogP contribution is -2.18. The Balaban J connectivity index is 1.82. The lowest BCUT2D eigenvalue weighted by Gasteiger charge is -2.23. The van der Waals surface area contributed by atoms with Crippen molar-refractivity contribution in [2.24, 2.45) is 0 Å². The smallest absolute Gasteiger partial charge is 0.150 e. The van der Waals surface area contributed by atoms with Gasteiger partial charge in [-0.05, 0) is 55.7 Å². The highest BCUT2D eigenvalue weighted by Crippen LogP contribution is 2.46. The predicted molar refractivity (Wildman–Crippen MR) is 78.2 cm³/mol. The molecule has 2 fully saturated rings. The van der Waals surface area contributed by atoms with Gasteiger partial charge in [0.2, 0.25) is 0 Å². The molecule has 2 aliphatic rings. The van der Waals surface area contributed by atoms with Crippen molar-refractivity contribution in [2.75, 3.05) is 6.61 Å². The molecule has 1 aliphatic carbocycles. The van der Waals surface area contributed by atoms with E-state index in [9.17, 15) is 0 Å². The van der Waals surface area contributed by atoms with Gasteiger partial charge >= 0.3 is 0 Å². The number of rotatable bonds is 2. The molecule has 0 bridgehead atoms. The third kappa shape index (κ3) is 2.01. The third-order valence-corrected chi connectivity index (χ3v) is 4.87. The van der Waals surface area contributed by atoms with Crippen LogP contribution in [-0.2, 0) is 4.74 Å². The summed E-state index contributed by atoms with van der Waals surface area (Å²) in [7, 11) is 0. The van der Waals surface area contributed by atoms with E-state index in [1.807, 2.05) is 6.20 Å². The monoisotopic (exact) mass is 320 g/mol. The summed E-state index contributed by atoms with van der Waals surface area (Å²) in [4.78, 5) is 0. The summed E-state index contributed by atoms with van der Waals surface area (Å²) in [6.07, 6.45) is 8.25. The summed E-state index contributed by atoms with van der Waals surface area (Å²) in [5.41, 5.74) is 2.66. The minimum Gasteiger partial charge on any atom is -0.356 e. The number of hydrogen-bond donors (Lipinski definition) is 0. The standard InChI is InChI=1S/C15H17BrN2O/c16-12-6-7-13-11(15(12)10-4-5-10)9-17-18(13)14-3-1-2-8-19-14/h6-7,9-10,14H,1-5,8H2. The van der Waals surface area contributed by atoms with Crippen molar-refractivity contribution in [1.82, 2.24) is 9.78 Å². The van der Waals surface area contributed by atoms with Gasteiger partial charge in [0.05, 0.1) is 11.7 Å². The van der Waals surface area contributed by atoms with E-state index in [4.69, 9.17) is 4.74 Å². The highest BCUT2D eigenvalue weighted by Gasteiger charge is 2.29. The molecular weight excluding hydrogens is 304 g/mol. The van der Waals surface area contributed by atoms with Gasteiger partial charge in [-0.2, -0.15) is 5.10 Å². The molecule has 1 aromatic heterocycles. The van der Waals surface area contributed by atoms with E-state index < -0.39 is 0 Å². The highest BCUT2D eigenvalue weighted by atomic mass is 79.9. The Hall–Kier alpha value is -0.870. The van der Waals surface area contributed by atoms with Gasteiger partial charge in [-0.25, -0.2) is 4.68 Å². The summed E-state index contributed by atoms with van der Waals surface area (Å²) >= 11 is 3.69. The molecule has 19 heavy (non-hydrogen) atoms. The van der Waals surface area contributed by atoms with Crippen LogP contribution in [0.5, 0.6) is 0 Å². The van der Waals surface area contributed by atoms with Crippen molar-refractivity contribution in [3.63, 3.8) is 0 Å². The molecule has 0 radical (unpaired) electrons. The molecule has 2 aromatic rings. The molecule has 1 aliphatic heterocycles. The van der Waals surface area contributed by atoms with Gasteiger partial charge in [-0.1, -0.05) is 15.9 Å². The van der Waals surface area contributed by atoms with Gasteiger partial charge in [0.25, 0.3) is 0 Å². The van der Waals surface area contributed by atoms with Gasteiger partial charge in [0.15, 0.2) is 6.23 Å². The molecule has 4 rings (SSSR count). The van der Waals surface area contributed by atoms with Crippen LogP contribution < -0.4 is 0 Å². The molecule has 0 amide bonds. The fourth-order valence-electron chi connectivity index (χ4n) is 3.05. The van der Waals surface area contributed by atoms with E-state index in [-0.39, 0.29) is 6.23 Å². The van der Waals surface area contributed by atoms with Crippen molar-refractivity contribution in [1.29, 1.82) is 0 Å². The average molecular weight is 321 g/mol. The lowest BCUT2D eigenvalue weighted by molar-refractivity contribution is -0.0366. The van der Waals surface area contributed by atoms with Gasteiger partial charge < -0.3 is 4.74 Å². The first kappa shape index (κ1) is 11.9. The molecule has 1 aromatic carbocycles. The van der Waals surface area contributed by atoms with Crippen LogP contribution in [0.2, 0.25) is 0 Å². The van der Waals surface area contributed by atoms with Crippen LogP contribution in [0.4, 0.5) is 0 Å². The second-order valence-corrected chi connectivity index (χ2v) is 6.43. The van der Waals surface area contributed by atoms with E-state index in [0.717, 1.165) is 18.9 Å². The van der Waals surface area contributed by atoms with E-state index in [1.54, 1.807) is 0 Å². The largest absolute Gasteiger partial charge is 0.356 e. The minimum absolute atomic E-state index is 0.125. The Kier molecular flexibility index (Phi) is 2.88. The number of hydrogen-bond acceptors (Lipinski definition) is 2. The highest BCUT2D eigenvalue weighted by molar-refractivity contribution is 9.10. The minimum atomic E-state index is 0.125. The van der Waals surface area contributed by atoms with Crippen molar-refractivity contribution < 1.29 is 4.74 Å². The molecule has 0 spiro atoms. The predicted octanol–water partition coefficient (Wildman–Crippen LogP) is 4.38. The molecule has 0 N–H and O–H groups in total. The zero-order chi connectivity index (χ0) is 12.8. The molecule has 100 valence electrons. The summed E-state index contributed by atoms with van der Waals surface area (Å²) in [5, 5.41) is 5.90. The van der Waals surface area contributed by atoms with Crippen molar-refractivity contribution in [3.8, 4) is 0 Å². The van der Waals surface area contributed by atoms with Gasteiger partial charge in [-0.15, -0.1) is 0 Å². The van der Waals surface area contributed by atoms with Crippen molar-refractivity contribution in [2.45, 2.75) is 44.2 Å².